The molecule has 3 aromatic heterocycles. The number of hydrogen-bond donors (Lipinski definition) is 1. The molecule has 7 heteroatoms. The standard InChI is InChI=1S/C23H26N4O3/c1-6-29-17-9-10-19(20(12-17)28-5)27-15(3)21-14(2)25-26-23(22(21)16(27)4)24-13-18-8-7-11-30-18/h7-12H,6,13H2,1-5H3,(H,24,26). The first-order valence-corrected chi connectivity index (χ1v) is 9.97. The molecule has 1 aromatic carbocycles. The number of fused-ring (bicyclic) bond motifs is 1. The molecule has 30 heavy (non-hydrogen) atoms. The van der Waals surface area contributed by atoms with Crippen LogP contribution in [0.4, 0.5) is 5.82 Å². The van der Waals surface area contributed by atoms with Gasteiger partial charge in [-0.3, -0.25) is 0 Å². The lowest BCUT2D eigenvalue weighted by molar-refractivity contribution is 0.336. The molecular weight excluding hydrogens is 380 g/mol. The van der Waals surface area contributed by atoms with Gasteiger partial charge in [0.25, 0.3) is 0 Å². The number of rotatable bonds is 7. The van der Waals surface area contributed by atoms with E-state index in [1.54, 1.807) is 13.4 Å². The van der Waals surface area contributed by atoms with E-state index in [9.17, 15) is 0 Å². The molecule has 0 saturated heterocycles. The lowest BCUT2D eigenvalue weighted by Gasteiger charge is -2.15. The maximum absolute atomic E-state index is 5.69. The van der Waals surface area contributed by atoms with Gasteiger partial charge in [-0.25, -0.2) is 0 Å². The molecule has 0 saturated carbocycles. The van der Waals surface area contributed by atoms with Gasteiger partial charge in [0, 0.05) is 28.2 Å². The molecule has 0 aliphatic rings. The smallest absolute Gasteiger partial charge is 0.158 e. The summed E-state index contributed by atoms with van der Waals surface area (Å²) in [5.74, 6) is 3.10. The zero-order valence-corrected chi connectivity index (χ0v) is 17.9. The second kappa shape index (κ2) is 8.10. The summed E-state index contributed by atoms with van der Waals surface area (Å²) in [4.78, 5) is 0. The predicted molar refractivity (Wildman–Crippen MR) is 117 cm³/mol. The fraction of sp³-hybridized carbons (Fsp3) is 0.304. The second-order valence-corrected chi connectivity index (χ2v) is 7.09. The maximum atomic E-state index is 5.69. The normalized spacial score (nSPS) is 11.1. The van der Waals surface area contributed by atoms with E-state index in [4.69, 9.17) is 13.9 Å². The van der Waals surface area contributed by atoms with Crippen LogP contribution in [0.15, 0.2) is 41.0 Å². The van der Waals surface area contributed by atoms with Crippen LogP contribution in [0.2, 0.25) is 0 Å². The van der Waals surface area contributed by atoms with Crippen molar-refractivity contribution in [3.05, 3.63) is 59.4 Å². The van der Waals surface area contributed by atoms with E-state index < -0.39 is 0 Å². The number of hydrogen-bond acceptors (Lipinski definition) is 6. The third-order valence-electron chi connectivity index (χ3n) is 5.26. The van der Waals surface area contributed by atoms with E-state index in [0.29, 0.717) is 13.2 Å². The van der Waals surface area contributed by atoms with Gasteiger partial charge in [-0.15, -0.1) is 5.10 Å². The number of furan rings is 1. The second-order valence-electron chi connectivity index (χ2n) is 7.09. The van der Waals surface area contributed by atoms with Crippen molar-refractivity contribution >= 4 is 16.6 Å². The Morgan fingerprint density at radius 2 is 1.87 bits per heavy atom. The van der Waals surface area contributed by atoms with Gasteiger partial charge in [0.15, 0.2) is 5.82 Å². The molecule has 0 bridgehead atoms. The zero-order chi connectivity index (χ0) is 21.3. The van der Waals surface area contributed by atoms with Gasteiger partial charge in [-0.1, -0.05) is 0 Å². The van der Waals surface area contributed by atoms with Crippen molar-refractivity contribution in [2.75, 3.05) is 19.0 Å². The van der Waals surface area contributed by atoms with Crippen molar-refractivity contribution in [3.8, 4) is 17.2 Å². The van der Waals surface area contributed by atoms with Gasteiger partial charge in [0.1, 0.15) is 17.3 Å². The first-order valence-electron chi connectivity index (χ1n) is 9.97. The SMILES string of the molecule is CCOc1ccc(-n2c(C)c3c(C)nnc(NCc4ccco4)c3c2C)c(OC)c1. The number of aromatic nitrogens is 3. The summed E-state index contributed by atoms with van der Waals surface area (Å²) in [6.45, 7) is 9.27. The largest absolute Gasteiger partial charge is 0.494 e. The number of benzene rings is 1. The molecule has 3 heterocycles. The Balaban J connectivity index is 1.86. The molecule has 0 fully saturated rings. The van der Waals surface area contributed by atoms with Crippen LogP contribution in [0.1, 0.15) is 29.8 Å². The summed E-state index contributed by atoms with van der Waals surface area (Å²) >= 11 is 0. The van der Waals surface area contributed by atoms with E-state index >= 15 is 0 Å². The Morgan fingerprint density at radius 3 is 2.57 bits per heavy atom. The zero-order valence-electron chi connectivity index (χ0n) is 17.9. The van der Waals surface area contributed by atoms with Gasteiger partial charge in [-0.05, 0) is 52.0 Å². The molecule has 0 unspecified atom stereocenters. The number of nitrogens with zero attached hydrogens (tertiary/aromatic N) is 3. The number of nitrogens with one attached hydrogen (secondary N) is 1. The predicted octanol–water partition coefficient (Wildman–Crippen LogP) is 4.96. The quantitative estimate of drug-likeness (QED) is 0.468. The summed E-state index contributed by atoms with van der Waals surface area (Å²) in [6.07, 6.45) is 1.66. The van der Waals surface area contributed by atoms with Crippen LogP contribution in [-0.2, 0) is 6.54 Å². The van der Waals surface area contributed by atoms with Crippen LogP contribution < -0.4 is 14.8 Å². The maximum Gasteiger partial charge on any atom is 0.158 e. The Labute approximate surface area is 175 Å². The topological polar surface area (TPSA) is 74.3 Å². The third kappa shape index (κ3) is 3.36. The molecule has 0 aliphatic heterocycles. The highest BCUT2D eigenvalue weighted by Crippen LogP contribution is 2.37. The first kappa shape index (κ1) is 19.8. The minimum atomic E-state index is 0.538. The van der Waals surface area contributed by atoms with Gasteiger partial charge in [0.05, 0.1) is 37.9 Å². The van der Waals surface area contributed by atoms with E-state index in [-0.39, 0.29) is 0 Å². The van der Waals surface area contributed by atoms with Crippen LogP contribution in [0.25, 0.3) is 16.5 Å². The molecule has 0 aliphatic carbocycles. The monoisotopic (exact) mass is 406 g/mol. The van der Waals surface area contributed by atoms with Gasteiger partial charge in [0.2, 0.25) is 0 Å². The van der Waals surface area contributed by atoms with Gasteiger partial charge in [-0.2, -0.15) is 5.10 Å². The minimum absolute atomic E-state index is 0.538. The fourth-order valence-corrected chi connectivity index (χ4v) is 3.96. The first-order chi connectivity index (χ1) is 14.5. The van der Waals surface area contributed by atoms with Crippen molar-refractivity contribution in [2.24, 2.45) is 0 Å². The average molecular weight is 406 g/mol. The van der Waals surface area contributed by atoms with E-state index in [1.165, 1.54) is 0 Å². The van der Waals surface area contributed by atoms with Crippen LogP contribution in [0.5, 0.6) is 11.5 Å². The molecule has 0 spiro atoms. The van der Waals surface area contributed by atoms with Crippen LogP contribution >= 0.6 is 0 Å². The van der Waals surface area contributed by atoms with Crippen molar-refractivity contribution in [1.82, 2.24) is 14.8 Å². The lowest BCUT2D eigenvalue weighted by atomic mass is 10.1. The van der Waals surface area contributed by atoms with Crippen molar-refractivity contribution in [1.29, 1.82) is 0 Å². The highest BCUT2D eigenvalue weighted by atomic mass is 16.5. The molecule has 156 valence electrons. The average Bonchev–Trinajstić information content (AvgIpc) is 3.35. The number of anilines is 1. The lowest BCUT2D eigenvalue weighted by Crippen LogP contribution is -2.04. The molecule has 4 aromatic rings. The number of methoxy groups -OCH3 is 1. The Bertz CT molecular complexity index is 1180. The van der Waals surface area contributed by atoms with Gasteiger partial charge >= 0.3 is 0 Å². The Morgan fingerprint density at radius 1 is 1.07 bits per heavy atom. The Kier molecular flexibility index (Phi) is 5.35. The van der Waals surface area contributed by atoms with Crippen molar-refractivity contribution < 1.29 is 13.9 Å². The van der Waals surface area contributed by atoms with Gasteiger partial charge < -0.3 is 23.8 Å². The van der Waals surface area contributed by atoms with Crippen molar-refractivity contribution in [3.63, 3.8) is 0 Å². The molecule has 0 amide bonds. The summed E-state index contributed by atoms with van der Waals surface area (Å²) in [5.41, 5.74) is 3.98. The number of ether oxygens (including phenoxy) is 2. The van der Waals surface area contributed by atoms with Crippen molar-refractivity contribution in [2.45, 2.75) is 34.2 Å². The highest BCUT2D eigenvalue weighted by molar-refractivity contribution is 5.98. The van der Waals surface area contributed by atoms with E-state index in [2.05, 4.69) is 33.9 Å². The van der Waals surface area contributed by atoms with Crippen LogP contribution in [-0.4, -0.2) is 28.5 Å². The highest BCUT2D eigenvalue weighted by Gasteiger charge is 2.21. The Hall–Kier alpha value is -3.48. The summed E-state index contributed by atoms with van der Waals surface area (Å²) in [5, 5.41) is 14.3. The minimum Gasteiger partial charge on any atom is -0.494 e. The molecule has 4 rings (SSSR count). The number of aryl methyl sites for hydroxylation is 3. The summed E-state index contributed by atoms with van der Waals surface area (Å²) < 4.78 is 19.0. The van der Waals surface area contributed by atoms with Crippen LogP contribution in [0.3, 0.4) is 0 Å². The summed E-state index contributed by atoms with van der Waals surface area (Å²) in [7, 11) is 1.67. The fourth-order valence-electron chi connectivity index (χ4n) is 3.96. The summed E-state index contributed by atoms with van der Waals surface area (Å²) in [6, 6.07) is 9.71. The van der Waals surface area contributed by atoms with Crippen LogP contribution in [0, 0.1) is 20.8 Å². The molecular formula is C23H26N4O3. The molecule has 1 N–H and O–H groups in total. The third-order valence-corrected chi connectivity index (χ3v) is 5.26. The molecule has 7 nitrogen and oxygen atoms in total. The molecule has 0 atom stereocenters. The van der Waals surface area contributed by atoms with E-state index in [1.807, 2.05) is 44.2 Å². The van der Waals surface area contributed by atoms with E-state index in [0.717, 1.165) is 56.6 Å². The molecule has 0 radical (unpaired) electrons.